The van der Waals surface area contributed by atoms with E-state index in [9.17, 15) is 13.2 Å². The predicted molar refractivity (Wildman–Crippen MR) is 69.1 cm³/mol. The van der Waals surface area contributed by atoms with Gasteiger partial charge in [-0.15, -0.1) is 0 Å². The zero-order valence-corrected chi connectivity index (χ0v) is 10.5. The van der Waals surface area contributed by atoms with Gasteiger partial charge in [-0.1, -0.05) is 0 Å². The summed E-state index contributed by atoms with van der Waals surface area (Å²) >= 11 is 1.54. The second-order valence-electron chi connectivity index (χ2n) is 3.73. The maximum Gasteiger partial charge on any atom is 0.387 e. The number of alkyl halides is 2. The largest absolute Gasteiger partial charge is 0.432 e. The fourth-order valence-corrected chi connectivity index (χ4v) is 2.17. The molecule has 19 heavy (non-hydrogen) atoms. The molecule has 3 N–H and O–H groups in total. The number of ether oxygens (including phenoxy) is 1. The topological polar surface area (TPSA) is 47.3 Å². The van der Waals surface area contributed by atoms with Crippen molar-refractivity contribution in [1.82, 2.24) is 0 Å². The number of hydrogen-bond donors (Lipinski definition) is 2. The average Bonchev–Trinajstić information content (AvgIpc) is 2.83. The summed E-state index contributed by atoms with van der Waals surface area (Å²) in [4.78, 5) is 0. The normalized spacial score (nSPS) is 10.7. The highest BCUT2D eigenvalue weighted by molar-refractivity contribution is 7.07. The maximum absolute atomic E-state index is 13.3. The van der Waals surface area contributed by atoms with Crippen molar-refractivity contribution in [3.05, 3.63) is 40.3 Å². The first-order valence-corrected chi connectivity index (χ1v) is 6.29. The summed E-state index contributed by atoms with van der Waals surface area (Å²) in [5.74, 6) is -1.45. The van der Waals surface area contributed by atoms with E-state index in [1.54, 1.807) is 0 Å². The predicted octanol–water partition coefficient (Wildman–Crippen LogP) is 3.68. The highest BCUT2D eigenvalue weighted by Crippen LogP contribution is 2.29. The summed E-state index contributed by atoms with van der Waals surface area (Å²) in [5, 5.41) is 6.79. The van der Waals surface area contributed by atoms with Gasteiger partial charge in [0.15, 0.2) is 11.6 Å². The van der Waals surface area contributed by atoms with Crippen molar-refractivity contribution in [2.24, 2.45) is 0 Å². The van der Waals surface area contributed by atoms with Crippen molar-refractivity contribution in [3.63, 3.8) is 0 Å². The van der Waals surface area contributed by atoms with Crippen LogP contribution in [0.1, 0.15) is 5.56 Å². The molecule has 0 amide bonds. The van der Waals surface area contributed by atoms with Gasteiger partial charge in [-0.2, -0.15) is 20.1 Å². The van der Waals surface area contributed by atoms with Crippen LogP contribution in [0.4, 0.5) is 24.5 Å². The van der Waals surface area contributed by atoms with Gasteiger partial charge in [-0.25, -0.2) is 4.39 Å². The first kappa shape index (κ1) is 13.5. The van der Waals surface area contributed by atoms with Crippen LogP contribution in [-0.4, -0.2) is 6.61 Å². The lowest BCUT2D eigenvalue weighted by Gasteiger charge is -2.12. The van der Waals surface area contributed by atoms with E-state index < -0.39 is 18.2 Å². The third kappa shape index (κ3) is 3.54. The molecule has 0 aliphatic rings. The number of nitrogen functional groups attached to an aromatic ring is 1. The molecule has 2 aromatic rings. The Bertz CT molecular complexity index is 546. The number of nitrogens with two attached hydrogens (primary N) is 1. The Morgan fingerprint density at radius 1 is 1.37 bits per heavy atom. The van der Waals surface area contributed by atoms with Gasteiger partial charge in [-0.3, -0.25) is 0 Å². The lowest BCUT2D eigenvalue weighted by atomic mass is 10.2. The van der Waals surface area contributed by atoms with E-state index in [0.29, 0.717) is 12.2 Å². The molecule has 0 spiro atoms. The first-order valence-electron chi connectivity index (χ1n) is 5.35. The van der Waals surface area contributed by atoms with Gasteiger partial charge in [0.1, 0.15) is 0 Å². The summed E-state index contributed by atoms with van der Waals surface area (Å²) in [5.41, 5.74) is 7.12. The standard InChI is InChI=1S/C12H11F3N2OS/c13-8-3-9(16)10(4-11(8)18-12(14)15)17-5-7-1-2-19-6-7/h1-4,6,12,17H,5,16H2. The van der Waals surface area contributed by atoms with Gasteiger partial charge in [0.2, 0.25) is 0 Å². The zero-order chi connectivity index (χ0) is 13.8. The van der Waals surface area contributed by atoms with Crippen LogP contribution in [0.5, 0.6) is 5.75 Å². The molecule has 0 unspecified atom stereocenters. The van der Waals surface area contributed by atoms with E-state index in [0.717, 1.165) is 17.7 Å². The molecule has 1 aromatic heterocycles. The fraction of sp³-hybridized carbons (Fsp3) is 0.167. The quantitative estimate of drug-likeness (QED) is 0.825. The van der Waals surface area contributed by atoms with Gasteiger partial charge in [0, 0.05) is 18.7 Å². The number of thiophene rings is 1. The Kier molecular flexibility index (Phi) is 4.16. The van der Waals surface area contributed by atoms with Gasteiger partial charge in [-0.05, 0) is 22.4 Å². The number of nitrogens with one attached hydrogen (secondary N) is 1. The van der Waals surface area contributed by atoms with Crippen LogP contribution in [0.2, 0.25) is 0 Å². The molecule has 0 radical (unpaired) electrons. The number of anilines is 2. The van der Waals surface area contributed by atoms with Crippen molar-refractivity contribution >= 4 is 22.7 Å². The molecule has 102 valence electrons. The van der Waals surface area contributed by atoms with Crippen LogP contribution < -0.4 is 15.8 Å². The summed E-state index contributed by atoms with van der Waals surface area (Å²) in [7, 11) is 0. The van der Waals surface area contributed by atoms with Crippen LogP contribution in [0.3, 0.4) is 0 Å². The molecule has 0 fully saturated rings. The molecule has 0 saturated carbocycles. The minimum atomic E-state index is -3.08. The second-order valence-corrected chi connectivity index (χ2v) is 4.51. The van der Waals surface area contributed by atoms with E-state index in [4.69, 9.17) is 5.73 Å². The molecule has 1 aromatic carbocycles. The van der Waals surface area contributed by atoms with Gasteiger partial charge < -0.3 is 15.8 Å². The Labute approximate surface area is 111 Å². The monoisotopic (exact) mass is 288 g/mol. The van der Waals surface area contributed by atoms with E-state index >= 15 is 0 Å². The molecule has 7 heteroatoms. The van der Waals surface area contributed by atoms with E-state index in [2.05, 4.69) is 10.1 Å². The van der Waals surface area contributed by atoms with E-state index in [1.165, 1.54) is 11.3 Å². The summed E-state index contributed by atoms with van der Waals surface area (Å²) in [6.07, 6.45) is 0. The zero-order valence-electron chi connectivity index (χ0n) is 9.70. The Balaban J connectivity index is 2.15. The third-order valence-corrected chi connectivity index (χ3v) is 3.12. The van der Waals surface area contributed by atoms with Crippen molar-refractivity contribution in [2.45, 2.75) is 13.2 Å². The lowest BCUT2D eigenvalue weighted by Crippen LogP contribution is -2.07. The van der Waals surface area contributed by atoms with Crippen LogP contribution in [-0.2, 0) is 6.54 Å². The molecular formula is C12H11F3N2OS. The molecular weight excluding hydrogens is 277 g/mol. The second kappa shape index (κ2) is 5.83. The molecule has 0 saturated heterocycles. The Hall–Kier alpha value is -1.89. The minimum Gasteiger partial charge on any atom is -0.432 e. The molecule has 0 bridgehead atoms. The highest BCUT2D eigenvalue weighted by Gasteiger charge is 2.13. The Morgan fingerprint density at radius 2 is 2.16 bits per heavy atom. The number of halogens is 3. The number of rotatable bonds is 5. The Morgan fingerprint density at radius 3 is 2.79 bits per heavy atom. The molecule has 0 aliphatic carbocycles. The third-order valence-electron chi connectivity index (χ3n) is 2.38. The fourth-order valence-electron chi connectivity index (χ4n) is 1.50. The van der Waals surface area contributed by atoms with E-state index in [1.807, 2.05) is 16.8 Å². The molecule has 0 atom stereocenters. The van der Waals surface area contributed by atoms with E-state index in [-0.39, 0.29) is 5.69 Å². The van der Waals surface area contributed by atoms with Crippen molar-refractivity contribution in [3.8, 4) is 5.75 Å². The van der Waals surface area contributed by atoms with Crippen molar-refractivity contribution in [1.29, 1.82) is 0 Å². The van der Waals surface area contributed by atoms with Crippen LogP contribution >= 0.6 is 11.3 Å². The summed E-state index contributed by atoms with van der Waals surface area (Å²) < 4.78 is 41.6. The van der Waals surface area contributed by atoms with Crippen LogP contribution in [0, 0.1) is 5.82 Å². The van der Waals surface area contributed by atoms with Gasteiger partial charge in [0.05, 0.1) is 11.4 Å². The van der Waals surface area contributed by atoms with Crippen LogP contribution in [0.15, 0.2) is 29.0 Å². The molecule has 3 nitrogen and oxygen atoms in total. The summed E-state index contributed by atoms with van der Waals surface area (Å²) in [6, 6.07) is 3.99. The first-order chi connectivity index (χ1) is 9.06. The SMILES string of the molecule is Nc1cc(F)c(OC(F)F)cc1NCc1ccsc1. The molecule has 1 heterocycles. The number of benzene rings is 1. The highest BCUT2D eigenvalue weighted by atomic mass is 32.1. The summed E-state index contributed by atoms with van der Waals surface area (Å²) in [6.45, 7) is -2.61. The average molecular weight is 288 g/mol. The van der Waals surface area contributed by atoms with Crippen molar-refractivity contribution in [2.75, 3.05) is 11.1 Å². The number of hydrogen-bond acceptors (Lipinski definition) is 4. The smallest absolute Gasteiger partial charge is 0.387 e. The molecule has 0 aliphatic heterocycles. The minimum absolute atomic E-state index is 0.134. The lowest BCUT2D eigenvalue weighted by molar-refractivity contribution is -0.0521. The molecule has 2 rings (SSSR count). The van der Waals surface area contributed by atoms with Gasteiger partial charge >= 0.3 is 6.61 Å². The van der Waals surface area contributed by atoms with Crippen LogP contribution in [0.25, 0.3) is 0 Å². The maximum atomic E-state index is 13.3. The van der Waals surface area contributed by atoms with Crippen molar-refractivity contribution < 1.29 is 17.9 Å². The van der Waals surface area contributed by atoms with Gasteiger partial charge in [0.25, 0.3) is 0 Å².